The summed E-state index contributed by atoms with van der Waals surface area (Å²) in [6.45, 7) is 2.06. The Morgan fingerprint density at radius 1 is 1.09 bits per heavy atom. The second kappa shape index (κ2) is 8.24. The molecule has 0 atom stereocenters. The quantitative estimate of drug-likeness (QED) is 0.622. The molecule has 0 spiro atoms. The summed E-state index contributed by atoms with van der Waals surface area (Å²) < 4.78 is 4.89. The predicted octanol–water partition coefficient (Wildman–Crippen LogP) is 3.53. The van der Waals surface area contributed by atoms with E-state index < -0.39 is 5.97 Å². The van der Waals surface area contributed by atoms with Gasteiger partial charge in [0.15, 0.2) is 5.78 Å². The van der Waals surface area contributed by atoms with Crippen molar-refractivity contribution in [3.05, 3.63) is 52.2 Å². The Balaban J connectivity index is 1.83. The number of ketones is 1. The summed E-state index contributed by atoms with van der Waals surface area (Å²) in [6.07, 6.45) is 0.295. The van der Waals surface area contributed by atoms with Crippen molar-refractivity contribution >= 4 is 34.7 Å². The number of hydrogen-bond donors (Lipinski definition) is 1. The largest absolute Gasteiger partial charge is 0.462 e. The molecule has 0 bridgehead atoms. The molecule has 2 rings (SSSR count). The molecule has 120 valence electrons. The Bertz CT molecular complexity index is 677. The standard InChI is InChI=1S/C17H17NO4S/c1-2-22-17(21)12-5-7-13(8-6-12)18-16(20)10-9-14(19)15-4-3-11-23-15/h3-8,11H,2,9-10H2,1H3,(H,18,20). The minimum atomic E-state index is -0.396. The van der Waals surface area contributed by atoms with Crippen molar-refractivity contribution in [1.29, 1.82) is 0 Å². The van der Waals surface area contributed by atoms with E-state index in [1.165, 1.54) is 11.3 Å². The number of carbonyl (C=O) groups is 3. The van der Waals surface area contributed by atoms with Gasteiger partial charge in [0, 0.05) is 18.5 Å². The van der Waals surface area contributed by atoms with Gasteiger partial charge in [-0.1, -0.05) is 6.07 Å². The van der Waals surface area contributed by atoms with Crippen molar-refractivity contribution in [2.24, 2.45) is 0 Å². The van der Waals surface area contributed by atoms with Crippen LogP contribution in [-0.2, 0) is 9.53 Å². The summed E-state index contributed by atoms with van der Waals surface area (Å²) in [5.41, 5.74) is 1.00. The zero-order chi connectivity index (χ0) is 16.7. The van der Waals surface area contributed by atoms with Crippen molar-refractivity contribution in [3.8, 4) is 0 Å². The Labute approximate surface area is 138 Å². The molecule has 0 saturated carbocycles. The van der Waals surface area contributed by atoms with E-state index in [0.717, 1.165) is 0 Å². The second-order valence-corrected chi connectivity index (χ2v) is 5.69. The molecule has 5 nitrogen and oxygen atoms in total. The summed E-state index contributed by atoms with van der Waals surface area (Å²) in [5, 5.41) is 4.53. The number of amides is 1. The number of carbonyl (C=O) groups excluding carboxylic acids is 3. The number of esters is 1. The molecule has 0 saturated heterocycles. The SMILES string of the molecule is CCOC(=O)c1ccc(NC(=O)CCC(=O)c2cccs2)cc1. The fraction of sp³-hybridized carbons (Fsp3) is 0.235. The summed E-state index contributed by atoms with van der Waals surface area (Å²) in [6, 6.07) is 9.99. The van der Waals surface area contributed by atoms with E-state index in [1.807, 2.05) is 11.4 Å². The number of benzene rings is 1. The van der Waals surface area contributed by atoms with E-state index in [1.54, 1.807) is 37.3 Å². The first-order valence-electron chi connectivity index (χ1n) is 7.24. The monoisotopic (exact) mass is 331 g/mol. The van der Waals surface area contributed by atoms with Gasteiger partial charge in [0.1, 0.15) is 0 Å². The summed E-state index contributed by atoms with van der Waals surface area (Å²) >= 11 is 1.37. The van der Waals surface area contributed by atoms with Crippen LogP contribution in [0.25, 0.3) is 0 Å². The molecule has 0 unspecified atom stereocenters. The molecule has 1 aromatic carbocycles. The number of anilines is 1. The van der Waals surface area contributed by atoms with E-state index in [4.69, 9.17) is 4.74 Å². The highest BCUT2D eigenvalue weighted by Crippen LogP contribution is 2.14. The lowest BCUT2D eigenvalue weighted by atomic mass is 10.1. The van der Waals surface area contributed by atoms with Gasteiger partial charge in [-0.15, -0.1) is 11.3 Å². The van der Waals surface area contributed by atoms with Crippen LogP contribution in [0.2, 0.25) is 0 Å². The van der Waals surface area contributed by atoms with E-state index in [0.29, 0.717) is 22.7 Å². The summed E-state index contributed by atoms with van der Waals surface area (Å²) in [5.74, 6) is -0.668. The maximum atomic E-state index is 11.9. The van der Waals surface area contributed by atoms with Gasteiger partial charge in [-0.05, 0) is 42.6 Å². The van der Waals surface area contributed by atoms with Gasteiger partial charge < -0.3 is 10.1 Å². The van der Waals surface area contributed by atoms with Crippen molar-refractivity contribution in [2.75, 3.05) is 11.9 Å². The van der Waals surface area contributed by atoms with E-state index >= 15 is 0 Å². The second-order valence-electron chi connectivity index (χ2n) is 4.75. The predicted molar refractivity (Wildman–Crippen MR) is 88.9 cm³/mol. The molecule has 0 aliphatic carbocycles. The molecule has 1 aromatic heterocycles. The van der Waals surface area contributed by atoms with E-state index in [2.05, 4.69) is 5.32 Å². The van der Waals surface area contributed by atoms with Crippen LogP contribution in [0.3, 0.4) is 0 Å². The maximum absolute atomic E-state index is 11.9. The number of rotatable bonds is 7. The number of ether oxygens (including phenoxy) is 1. The molecule has 1 N–H and O–H groups in total. The van der Waals surface area contributed by atoms with Crippen LogP contribution in [0.4, 0.5) is 5.69 Å². The first-order chi connectivity index (χ1) is 11.1. The van der Waals surface area contributed by atoms with Gasteiger partial charge in [0.2, 0.25) is 5.91 Å². The average Bonchev–Trinajstić information content (AvgIpc) is 3.08. The maximum Gasteiger partial charge on any atom is 0.338 e. The molecule has 1 amide bonds. The van der Waals surface area contributed by atoms with Crippen LogP contribution in [0.15, 0.2) is 41.8 Å². The van der Waals surface area contributed by atoms with Gasteiger partial charge in [-0.3, -0.25) is 9.59 Å². The van der Waals surface area contributed by atoms with Crippen molar-refractivity contribution < 1.29 is 19.1 Å². The lowest BCUT2D eigenvalue weighted by Crippen LogP contribution is -2.13. The Morgan fingerprint density at radius 3 is 2.43 bits per heavy atom. The highest BCUT2D eigenvalue weighted by molar-refractivity contribution is 7.12. The molecule has 0 aliphatic heterocycles. The summed E-state index contributed by atoms with van der Waals surface area (Å²) in [7, 11) is 0. The van der Waals surface area contributed by atoms with Crippen LogP contribution < -0.4 is 5.32 Å². The Kier molecular flexibility index (Phi) is 6.05. The van der Waals surface area contributed by atoms with Crippen LogP contribution in [-0.4, -0.2) is 24.3 Å². The fourth-order valence-electron chi connectivity index (χ4n) is 1.92. The number of thiophene rings is 1. The van der Waals surface area contributed by atoms with Crippen LogP contribution in [0.1, 0.15) is 39.8 Å². The number of hydrogen-bond acceptors (Lipinski definition) is 5. The zero-order valence-electron chi connectivity index (χ0n) is 12.7. The van der Waals surface area contributed by atoms with Gasteiger partial charge in [0.25, 0.3) is 0 Å². The first-order valence-corrected chi connectivity index (χ1v) is 8.12. The molecule has 0 radical (unpaired) electrons. The lowest BCUT2D eigenvalue weighted by Gasteiger charge is -2.06. The van der Waals surface area contributed by atoms with Gasteiger partial charge >= 0.3 is 5.97 Å². The molecule has 6 heteroatoms. The third kappa shape index (κ3) is 5.03. The third-order valence-electron chi connectivity index (χ3n) is 3.05. The van der Waals surface area contributed by atoms with Crippen molar-refractivity contribution in [3.63, 3.8) is 0 Å². The Morgan fingerprint density at radius 2 is 1.83 bits per heavy atom. The van der Waals surface area contributed by atoms with Crippen LogP contribution in [0, 0.1) is 0 Å². The average molecular weight is 331 g/mol. The molecule has 0 fully saturated rings. The topological polar surface area (TPSA) is 72.5 Å². The van der Waals surface area contributed by atoms with E-state index in [9.17, 15) is 14.4 Å². The zero-order valence-corrected chi connectivity index (χ0v) is 13.5. The highest BCUT2D eigenvalue weighted by atomic mass is 32.1. The van der Waals surface area contributed by atoms with Gasteiger partial charge in [-0.25, -0.2) is 4.79 Å². The van der Waals surface area contributed by atoms with Crippen molar-refractivity contribution in [1.82, 2.24) is 0 Å². The lowest BCUT2D eigenvalue weighted by molar-refractivity contribution is -0.116. The third-order valence-corrected chi connectivity index (χ3v) is 3.97. The Hall–Kier alpha value is -2.47. The van der Waals surface area contributed by atoms with Crippen LogP contribution >= 0.6 is 11.3 Å². The molecular formula is C17H17NO4S. The highest BCUT2D eigenvalue weighted by Gasteiger charge is 2.11. The number of nitrogens with one attached hydrogen (secondary N) is 1. The normalized spacial score (nSPS) is 10.1. The minimum absolute atomic E-state index is 0.0344. The van der Waals surface area contributed by atoms with E-state index in [-0.39, 0.29) is 24.5 Å². The molecular weight excluding hydrogens is 314 g/mol. The van der Waals surface area contributed by atoms with Crippen LogP contribution in [0.5, 0.6) is 0 Å². The molecule has 1 heterocycles. The van der Waals surface area contributed by atoms with Gasteiger partial charge in [0.05, 0.1) is 17.0 Å². The van der Waals surface area contributed by atoms with Crippen molar-refractivity contribution in [2.45, 2.75) is 19.8 Å². The fourth-order valence-corrected chi connectivity index (χ4v) is 2.61. The molecule has 0 aliphatic rings. The van der Waals surface area contributed by atoms with Gasteiger partial charge in [-0.2, -0.15) is 0 Å². The smallest absolute Gasteiger partial charge is 0.338 e. The molecule has 2 aromatic rings. The first kappa shape index (κ1) is 16.9. The minimum Gasteiger partial charge on any atom is -0.462 e. The summed E-state index contributed by atoms with van der Waals surface area (Å²) in [4.78, 5) is 35.9. The number of Topliss-reactive ketones (excluding diaryl/α,β-unsaturated/α-hetero) is 1. The molecule has 23 heavy (non-hydrogen) atoms.